The summed E-state index contributed by atoms with van der Waals surface area (Å²) in [7, 11) is -0.785. The lowest BCUT2D eigenvalue weighted by atomic mass is 10.1. The second kappa shape index (κ2) is 20.1. The normalized spacial score (nSPS) is 13.7. The number of nitrogens with one attached hydrogen (secondary N) is 1. The Labute approximate surface area is 375 Å². The Morgan fingerprint density at radius 2 is 1.15 bits per heavy atom. The van der Waals surface area contributed by atoms with Crippen LogP contribution in [0.3, 0.4) is 0 Å². The molecule has 328 valence electrons. The van der Waals surface area contributed by atoms with Gasteiger partial charge in [-0.1, -0.05) is 79.3 Å². The van der Waals surface area contributed by atoms with E-state index in [0.717, 1.165) is 45.3 Å². The van der Waals surface area contributed by atoms with Gasteiger partial charge in [-0.2, -0.15) is 31.0 Å². The van der Waals surface area contributed by atoms with Crippen LogP contribution in [0.25, 0.3) is 5.69 Å². The number of halogens is 11. The van der Waals surface area contributed by atoms with Crippen molar-refractivity contribution in [3.63, 3.8) is 0 Å². The summed E-state index contributed by atoms with van der Waals surface area (Å²) >= 11 is 18.8. The molecule has 6 aromatic rings. The largest absolute Gasteiger partial charge is 0.451 e. The summed E-state index contributed by atoms with van der Waals surface area (Å²) in [6.45, 7) is 7.60. The average Bonchev–Trinajstić information content (AvgIpc) is 3.70. The van der Waals surface area contributed by atoms with Crippen molar-refractivity contribution >= 4 is 76.7 Å². The molecule has 0 bridgehead atoms. The fourth-order valence-electron chi connectivity index (χ4n) is 5.33. The van der Waals surface area contributed by atoms with Gasteiger partial charge in [0, 0.05) is 32.8 Å². The Hall–Kier alpha value is -3.89. The number of aryl methyl sites for hydroxylation is 2. The number of aromatic nitrogens is 6. The van der Waals surface area contributed by atoms with Gasteiger partial charge in [-0.05, 0) is 98.5 Å². The van der Waals surface area contributed by atoms with Gasteiger partial charge in [0.1, 0.15) is 5.82 Å². The van der Waals surface area contributed by atoms with Crippen molar-refractivity contribution in [3.8, 4) is 5.69 Å². The number of hydrogen-bond donors (Lipinski definition) is 1. The Morgan fingerprint density at radius 1 is 0.689 bits per heavy atom. The summed E-state index contributed by atoms with van der Waals surface area (Å²) in [5, 5.41) is 7.25. The molecule has 2 aromatic heterocycles. The highest BCUT2D eigenvalue weighted by molar-refractivity contribution is 9.10. The molecule has 4 atom stereocenters. The molecule has 4 unspecified atom stereocenters. The molecule has 10 nitrogen and oxygen atoms in total. The maximum Gasteiger partial charge on any atom is 0.451 e. The molecule has 6 rings (SSSR count). The number of rotatable bonds is 7. The molecule has 1 N–H and O–H groups in total. The predicted octanol–water partition coefficient (Wildman–Crippen LogP) is 10.7. The minimum atomic E-state index is -4.79. The minimum absolute atomic E-state index is 0.00460. The zero-order chi connectivity index (χ0) is 45.9. The third-order valence-electron chi connectivity index (χ3n) is 8.82. The molecule has 0 saturated heterocycles. The van der Waals surface area contributed by atoms with E-state index in [1.807, 2.05) is 57.2 Å². The van der Waals surface area contributed by atoms with Crippen LogP contribution in [0.4, 0.5) is 30.7 Å². The molecular weight excluding hydrogens is 1030 g/mol. The number of hydrogen-bond acceptors (Lipinski definition) is 6. The van der Waals surface area contributed by atoms with Gasteiger partial charge in [-0.15, -0.1) is 10.2 Å². The maximum atomic E-state index is 13.1. The van der Waals surface area contributed by atoms with Crippen molar-refractivity contribution in [2.75, 3.05) is 0 Å². The molecule has 0 aliphatic heterocycles. The first-order valence-electron chi connectivity index (χ1n) is 17.2. The smallest absolute Gasteiger partial charge is 0.275 e. The SMILES string of the molecule is Cc1cc(C(C)S(=O)c2ccc(-n3nc(C(F)(F)F)n(C)c3=O)c(Cl)c2)ccc1Br.Cc1cc(C(C)S(=O)c2ccc(F)c(Cl)c2)ccc1Br.Cn1c(C(F)(F)F)n[nH]c1=O. The lowest BCUT2D eigenvalue weighted by Crippen LogP contribution is -2.23. The molecule has 0 aliphatic rings. The van der Waals surface area contributed by atoms with Gasteiger partial charge in [0.25, 0.3) is 0 Å². The van der Waals surface area contributed by atoms with E-state index < -0.39 is 62.8 Å². The zero-order valence-corrected chi connectivity index (χ0v) is 38.7. The maximum absolute atomic E-state index is 13.1. The van der Waals surface area contributed by atoms with Crippen LogP contribution in [0.1, 0.15) is 58.2 Å². The fraction of sp³-hybridized carbons (Fsp3) is 0.263. The Balaban J connectivity index is 0.000000226. The molecule has 0 radical (unpaired) electrons. The van der Waals surface area contributed by atoms with Crippen molar-refractivity contribution in [2.24, 2.45) is 14.1 Å². The number of alkyl halides is 6. The molecule has 61 heavy (non-hydrogen) atoms. The highest BCUT2D eigenvalue weighted by Crippen LogP contribution is 2.33. The Morgan fingerprint density at radius 3 is 1.51 bits per heavy atom. The third-order valence-corrected chi connectivity index (χ3v) is 14.5. The van der Waals surface area contributed by atoms with Crippen molar-refractivity contribution in [1.82, 2.24) is 29.1 Å². The molecule has 0 saturated carbocycles. The molecule has 0 spiro atoms. The van der Waals surface area contributed by atoms with Crippen LogP contribution in [-0.4, -0.2) is 37.5 Å². The fourth-order valence-corrected chi connectivity index (χ4v) is 8.87. The lowest BCUT2D eigenvalue weighted by molar-refractivity contribution is -0.148. The van der Waals surface area contributed by atoms with Gasteiger partial charge in [-0.3, -0.25) is 17.6 Å². The summed E-state index contributed by atoms with van der Waals surface area (Å²) in [4.78, 5) is 23.6. The van der Waals surface area contributed by atoms with Crippen LogP contribution in [0.2, 0.25) is 10.0 Å². The quantitative estimate of drug-likeness (QED) is 0.159. The standard InChI is InChI=1S/C19H16BrClF3N3O2S.C15H13BrClFOS.C4H4F3N3O/c1-10-8-12(4-6-14(10)20)11(2)30(29)13-5-7-16(15(21)9-13)27-18(28)26(3)17(25-27)19(22,23)24;1-9-7-11(3-5-13(9)16)10(2)20(19)12-4-6-15(18)14(17)8-12;1-10-2(4(5,6)7)8-9-3(10)11/h4-9,11H,1-3H3;3-8,10H,1-2H3;1H3,(H,9,11). The monoisotopic (exact) mass is 1060 g/mol. The second-order valence-corrected chi connectivity index (χ2v) is 19.1. The molecule has 0 aliphatic carbocycles. The number of H-pyrrole nitrogens is 1. The van der Waals surface area contributed by atoms with E-state index in [2.05, 4.69) is 42.1 Å². The van der Waals surface area contributed by atoms with E-state index in [9.17, 15) is 48.7 Å². The van der Waals surface area contributed by atoms with Crippen LogP contribution >= 0.6 is 55.1 Å². The first-order valence-corrected chi connectivity index (χ1v) is 22.0. The van der Waals surface area contributed by atoms with Gasteiger partial charge in [0.05, 0.1) is 47.8 Å². The van der Waals surface area contributed by atoms with Gasteiger partial charge in [0.15, 0.2) is 0 Å². The van der Waals surface area contributed by atoms with Gasteiger partial charge >= 0.3 is 23.7 Å². The highest BCUT2D eigenvalue weighted by atomic mass is 79.9. The van der Waals surface area contributed by atoms with E-state index in [4.69, 9.17) is 23.2 Å². The molecular formula is C38H33Br2Cl2F7N6O4S2. The van der Waals surface area contributed by atoms with Gasteiger partial charge < -0.3 is 0 Å². The summed E-state index contributed by atoms with van der Waals surface area (Å²) < 4.78 is 117. The molecule has 0 amide bonds. The first kappa shape index (κ1) is 49.8. The van der Waals surface area contributed by atoms with Crippen LogP contribution in [0, 0.1) is 19.7 Å². The minimum Gasteiger partial charge on any atom is -0.275 e. The van der Waals surface area contributed by atoms with Crippen LogP contribution in [0.15, 0.2) is 101 Å². The van der Waals surface area contributed by atoms with Gasteiger partial charge in [0.2, 0.25) is 11.6 Å². The first-order chi connectivity index (χ1) is 28.2. The summed E-state index contributed by atoms with van der Waals surface area (Å²) in [5.41, 5.74) is 2.03. The summed E-state index contributed by atoms with van der Waals surface area (Å²) in [6.07, 6.45) is -9.36. The topological polar surface area (TPSA) is 125 Å². The number of aromatic amines is 1. The van der Waals surface area contributed by atoms with Crippen LogP contribution in [0.5, 0.6) is 0 Å². The van der Waals surface area contributed by atoms with Crippen LogP contribution in [-0.2, 0) is 48.0 Å². The van der Waals surface area contributed by atoms with Crippen LogP contribution < -0.4 is 11.4 Å². The van der Waals surface area contributed by atoms with E-state index in [1.165, 1.54) is 36.4 Å². The van der Waals surface area contributed by atoms with Gasteiger partial charge in [-0.25, -0.2) is 19.1 Å². The predicted molar refractivity (Wildman–Crippen MR) is 226 cm³/mol. The summed E-state index contributed by atoms with van der Waals surface area (Å²) in [5.74, 6) is -3.06. The molecule has 23 heteroatoms. The second-order valence-electron chi connectivity index (χ2n) is 13.1. The molecule has 4 aromatic carbocycles. The highest BCUT2D eigenvalue weighted by Gasteiger charge is 2.39. The molecule has 0 fully saturated rings. The van der Waals surface area contributed by atoms with E-state index >= 15 is 0 Å². The zero-order valence-electron chi connectivity index (χ0n) is 32.4. The Bertz CT molecular complexity index is 2740. The summed E-state index contributed by atoms with van der Waals surface area (Å²) in [6, 6.07) is 19.9. The lowest BCUT2D eigenvalue weighted by Gasteiger charge is -2.14. The van der Waals surface area contributed by atoms with E-state index in [1.54, 1.807) is 12.0 Å². The van der Waals surface area contributed by atoms with Crippen molar-refractivity contribution < 1.29 is 39.2 Å². The van der Waals surface area contributed by atoms with Crippen molar-refractivity contribution in [2.45, 2.75) is 60.3 Å². The van der Waals surface area contributed by atoms with E-state index in [0.29, 0.717) is 23.6 Å². The van der Waals surface area contributed by atoms with E-state index in [-0.39, 0.29) is 26.2 Å². The number of nitrogens with zero attached hydrogens (tertiary/aromatic N) is 5. The number of benzene rings is 4. The Kier molecular flexibility index (Phi) is 16.4. The van der Waals surface area contributed by atoms with Crippen molar-refractivity contribution in [3.05, 3.63) is 152 Å². The van der Waals surface area contributed by atoms with Crippen molar-refractivity contribution in [1.29, 1.82) is 0 Å². The average molecular weight is 1070 g/mol. The molecule has 2 heterocycles. The third kappa shape index (κ3) is 12.0.